The van der Waals surface area contributed by atoms with Crippen molar-refractivity contribution >= 4 is 6.47 Å². The summed E-state index contributed by atoms with van der Waals surface area (Å²) in [4.78, 5) is 9.18. The second kappa shape index (κ2) is 9.25. The molecule has 1 rings (SSSR count). The van der Waals surface area contributed by atoms with E-state index in [1.54, 1.807) is 6.92 Å². The molecule has 0 unspecified atom stereocenters. The predicted octanol–water partition coefficient (Wildman–Crippen LogP) is 3.06. The first-order valence-corrected chi connectivity index (χ1v) is 5.29. The fourth-order valence-electron chi connectivity index (χ4n) is 1.15. The maximum Gasteiger partial charge on any atom is 0.293 e. The highest BCUT2D eigenvalue weighted by Crippen LogP contribution is 2.05. The van der Waals surface area contributed by atoms with Crippen LogP contribution in [0.5, 0.6) is 0 Å². The summed E-state index contributed by atoms with van der Waals surface area (Å²) in [5.41, 5.74) is 1.44. The lowest BCUT2D eigenvalue weighted by Crippen LogP contribution is -1.92. The summed E-state index contributed by atoms with van der Waals surface area (Å²) >= 11 is 0. The Kier molecular flexibility index (Phi) is 8.44. The molecule has 0 atom stereocenters. The summed E-state index contributed by atoms with van der Waals surface area (Å²) < 4.78 is 4.15. The van der Waals surface area contributed by atoms with Gasteiger partial charge in [-0.05, 0) is 24.8 Å². The predicted molar refractivity (Wildman–Crippen MR) is 62.7 cm³/mol. The highest BCUT2D eigenvalue weighted by atomic mass is 16.5. The lowest BCUT2D eigenvalue weighted by Gasteiger charge is -2.02. The van der Waals surface area contributed by atoms with Crippen LogP contribution in [0.25, 0.3) is 0 Å². The Bertz CT molecular complexity index is 242. The monoisotopic (exact) mass is 208 g/mol. The van der Waals surface area contributed by atoms with Crippen molar-refractivity contribution in [2.24, 2.45) is 5.92 Å². The van der Waals surface area contributed by atoms with Crippen molar-refractivity contribution in [3.05, 3.63) is 35.9 Å². The van der Waals surface area contributed by atoms with E-state index < -0.39 is 0 Å². The third kappa shape index (κ3) is 9.01. The van der Waals surface area contributed by atoms with Gasteiger partial charge >= 0.3 is 0 Å². The molecule has 0 N–H and O–H groups in total. The lowest BCUT2D eigenvalue weighted by atomic mass is 10.0. The maximum atomic E-state index is 9.18. The molecule has 0 fully saturated rings. The number of rotatable bonds is 4. The van der Waals surface area contributed by atoms with Gasteiger partial charge in [0, 0.05) is 0 Å². The van der Waals surface area contributed by atoms with Crippen molar-refractivity contribution in [2.75, 3.05) is 6.61 Å². The van der Waals surface area contributed by atoms with Crippen LogP contribution in [-0.4, -0.2) is 13.1 Å². The molecule has 0 spiro atoms. The summed E-state index contributed by atoms with van der Waals surface area (Å²) in [7, 11) is 0. The second-order valence-corrected chi connectivity index (χ2v) is 3.64. The smallest absolute Gasteiger partial charge is 0.293 e. The van der Waals surface area contributed by atoms with Crippen molar-refractivity contribution in [1.82, 2.24) is 0 Å². The van der Waals surface area contributed by atoms with Crippen molar-refractivity contribution in [1.29, 1.82) is 0 Å². The lowest BCUT2D eigenvalue weighted by molar-refractivity contribution is -0.128. The number of ether oxygens (including phenoxy) is 1. The van der Waals surface area contributed by atoms with Gasteiger partial charge in [0.25, 0.3) is 6.47 Å². The molecule has 0 aliphatic carbocycles. The number of hydrogen-bond acceptors (Lipinski definition) is 2. The molecule has 0 radical (unpaired) electrons. The van der Waals surface area contributed by atoms with Gasteiger partial charge in [0.2, 0.25) is 0 Å². The van der Waals surface area contributed by atoms with E-state index in [0.717, 1.165) is 5.92 Å². The van der Waals surface area contributed by atoms with E-state index in [2.05, 4.69) is 48.9 Å². The fraction of sp³-hybridized carbons (Fsp3) is 0.462. The Morgan fingerprint density at radius 2 is 1.87 bits per heavy atom. The van der Waals surface area contributed by atoms with Crippen molar-refractivity contribution in [3.8, 4) is 0 Å². The van der Waals surface area contributed by atoms with Gasteiger partial charge in [-0.25, -0.2) is 0 Å². The van der Waals surface area contributed by atoms with Gasteiger partial charge in [0.05, 0.1) is 6.61 Å². The molecule has 0 aromatic heterocycles. The average Bonchev–Trinajstić information content (AvgIpc) is 2.20. The third-order valence-electron chi connectivity index (χ3n) is 1.72. The SMILES string of the molecule is CC(C)Cc1ccccc1.CCOC=O. The van der Waals surface area contributed by atoms with E-state index in [1.807, 2.05) is 0 Å². The van der Waals surface area contributed by atoms with Crippen LogP contribution in [0, 0.1) is 5.92 Å². The van der Waals surface area contributed by atoms with Crippen LogP contribution in [0.3, 0.4) is 0 Å². The minimum Gasteiger partial charge on any atom is -0.468 e. The largest absolute Gasteiger partial charge is 0.468 e. The van der Waals surface area contributed by atoms with E-state index in [-0.39, 0.29) is 0 Å². The normalized spacial score (nSPS) is 9.07. The summed E-state index contributed by atoms with van der Waals surface area (Å²) in [6.07, 6.45) is 1.20. The van der Waals surface area contributed by atoms with Crippen molar-refractivity contribution in [3.63, 3.8) is 0 Å². The molecule has 0 amide bonds. The molecule has 2 nitrogen and oxygen atoms in total. The maximum absolute atomic E-state index is 9.18. The molecular weight excluding hydrogens is 188 g/mol. The van der Waals surface area contributed by atoms with Crippen LogP contribution >= 0.6 is 0 Å². The summed E-state index contributed by atoms with van der Waals surface area (Å²) in [6.45, 7) is 7.15. The van der Waals surface area contributed by atoms with Gasteiger partial charge < -0.3 is 4.74 Å². The molecule has 0 saturated heterocycles. The molecule has 0 bridgehead atoms. The number of carbonyl (C=O) groups is 1. The first kappa shape index (κ1) is 13.7. The van der Waals surface area contributed by atoms with Crippen molar-refractivity contribution < 1.29 is 9.53 Å². The second-order valence-electron chi connectivity index (χ2n) is 3.64. The summed E-state index contributed by atoms with van der Waals surface area (Å²) in [6, 6.07) is 10.6. The van der Waals surface area contributed by atoms with Crippen LogP contribution in [0.2, 0.25) is 0 Å². The van der Waals surface area contributed by atoms with Crippen LogP contribution in [0.15, 0.2) is 30.3 Å². The molecule has 2 heteroatoms. The van der Waals surface area contributed by atoms with Gasteiger partial charge in [-0.2, -0.15) is 0 Å². The van der Waals surface area contributed by atoms with Crippen molar-refractivity contribution in [2.45, 2.75) is 27.2 Å². The fourth-order valence-corrected chi connectivity index (χ4v) is 1.15. The Morgan fingerprint density at radius 1 is 1.27 bits per heavy atom. The van der Waals surface area contributed by atoms with Gasteiger partial charge in [0.15, 0.2) is 0 Å². The van der Waals surface area contributed by atoms with Crippen LogP contribution < -0.4 is 0 Å². The van der Waals surface area contributed by atoms with E-state index in [4.69, 9.17) is 0 Å². The highest BCUT2D eigenvalue weighted by molar-refractivity contribution is 5.36. The first-order chi connectivity index (χ1) is 7.20. The zero-order valence-corrected chi connectivity index (χ0v) is 9.77. The molecule has 1 aromatic carbocycles. The summed E-state index contributed by atoms with van der Waals surface area (Å²) in [5, 5.41) is 0. The Balaban J connectivity index is 0.000000336. The Hall–Kier alpha value is -1.31. The minimum absolute atomic E-state index is 0.431. The molecule has 15 heavy (non-hydrogen) atoms. The van der Waals surface area contributed by atoms with Crippen LogP contribution in [-0.2, 0) is 16.0 Å². The molecule has 0 aliphatic rings. The van der Waals surface area contributed by atoms with Gasteiger partial charge in [0.1, 0.15) is 0 Å². The Labute approximate surface area is 92.3 Å². The zero-order valence-electron chi connectivity index (χ0n) is 9.77. The first-order valence-electron chi connectivity index (χ1n) is 5.29. The topological polar surface area (TPSA) is 26.3 Å². The molecule has 1 aromatic rings. The van der Waals surface area contributed by atoms with E-state index in [9.17, 15) is 4.79 Å². The van der Waals surface area contributed by atoms with E-state index in [1.165, 1.54) is 12.0 Å². The molecular formula is C13H20O2. The highest BCUT2D eigenvalue weighted by Gasteiger charge is 1.94. The van der Waals surface area contributed by atoms with E-state index in [0.29, 0.717) is 13.1 Å². The van der Waals surface area contributed by atoms with Crippen LogP contribution in [0.4, 0.5) is 0 Å². The van der Waals surface area contributed by atoms with E-state index >= 15 is 0 Å². The number of hydrogen-bond donors (Lipinski definition) is 0. The van der Waals surface area contributed by atoms with Gasteiger partial charge in [-0.15, -0.1) is 0 Å². The van der Waals surface area contributed by atoms with Gasteiger partial charge in [-0.3, -0.25) is 4.79 Å². The Morgan fingerprint density at radius 3 is 2.20 bits per heavy atom. The average molecular weight is 208 g/mol. The third-order valence-corrected chi connectivity index (χ3v) is 1.72. The molecule has 0 heterocycles. The summed E-state index contributed by atoms with van der Waals surface area (Å²) in [5.74, 6) is 0.766. The number of carbonyl (C=O) groups excluding carboxylic acids is 1. The quantitative estimate of drug-likeness (QED) is 0.711. The molecule has 0 aliphatic heterocycles. The molecule has 84 valence electrons. The van der Waals surface area contributed by atoms with Gasteiger partial charge in [-0.1, -0.05) is 44.2 Å². The minimum atomic E-state index is 0.431. The standard InChI is InChI=1S/C10H14.C3H6O2/c1-9(2)8-10-6-4-3-5-7-10;1-2-5-3-4/h3-7,9H,8H2,1-2H3;3H,2H2,1H3. The van der Waals surface area contributed by atoms with Crippen LogP contribution in [0.1, 0.15) is 26.3 Å². The zero-order chi connectivity index (χ0) is 11.5. The number of benzene rings is 1. The molecule has 0 saturated carbocycles.